The number of likely N-dealkylation sites (tertiary alicyclic amines) is 1. The predicted octanol–water partition coefficient (Wildman–Crippen LogP) is 1.75. The molecule has 1 N–H and O–H groups in total. The Morgan fingerprint density at radius 1 is 1.28 bits per heavy atom. The highest BCUT2D eigenvalue weighted by atomic mass is 16.2. The first-order chi connectivity index (χ1) is 12.2. The van der Waals surface area contributed by atoms with Gasteiger partial charge in [-0.25, -0.2) is 0 Å². The van der Waals surface area contributed by atoms with E-state index >= 15 is 0 Å². The van der Waals surface area contributed by atoms with Gasteiger partial charge in [-0.05, 0) is 44.0 Å². The lowest BCUT2D eigenvalue weighted by Gasteiger charge is -2.33. The zero-order chi connectivity index (χ0) is 17.6. The van der Waals surface area contributed by atoms with Gasteiger partial charge < -0.3 is 10.2 Å². The molecule has 1 atom stereocenters. The van der Waals surface area contributed by atoms with Crippen LogP contribution in [-0.4, -0.2) is 57.2 Å². The fraction of sp³-hybridized carbons (Fsp3) is 0.556. The fourth-order valence-electron chi connectivity index (χ4n) is 3.16. The Hall–Kier alpha value is -2.28. The number of benzene rings is 1. The van der Waals surface area contributed by atoms with Crippen molar-refractivity contribution in [1.82, 2.24) is 30.4 Å². The van der Waals surface area contributed by atoms with Crippen LogP contribution in [-0.2, 0) is 4.79 Å². The van der Waals surface area contributed by atoms with Crippen LogP contribution in [0.3, 0.4) is 0 Å². The Morgan fingerprint density at radius 2 is 2.00 bits per heavy atom. The van der Waals surface area contributed by atoms with Gasteiger partial charge in [0.25, 0.3) is 0 Å². The van der Waals surface area contributed by atoms with Gasteiger partial charge in [0, 0.05) is 18.7 Å². The lowest BCUT2D eigenvalue weighted by Crippen LogP contribution is -2.43. The maximum Gasteiger partial charge on any atom is 0.249 e. The van der Waals surface area contributed by atoms with E-state index < -0.39 is 6.04 Å². The summed E-state index contributed by atoms with van der Waals surface area (Å²) in [5.41, 5.74) is 0.901. The molecule has 0 bridgehead atoms. The molecule has 1 unspecified atom stereocenters. The van der Waals surface area contributed by atoms with Crippen LogP contribution >= 0.6 is 0 Å². The first kappa shape index (κ1) is 17.5. The van der Waals surface area contributed by atoms with Crippen molar-refractivity contribution in [3.05, 3.63) is 30.3 Å². The highest BCUT2D eigenvalue weighted by Crippen LogP contribution is 2.20. The summed E-state index contributed by atoms with van der Waals surface area (Å²) < 4.78 is 0. The molecule has 1 aliphatic heterocycles. The largest absolute Gasteiger partial charge is 0.341 e. The molecule has 1 aliphatic rings. The molecule has 7 nitrogen and oxygen atoms in total. The maximum absolute atomic E-state index is 12.7. The van der Waals surface area contributed by atoms with Gasteiger partial charge in [0.15, 0.2) is 0 Å². The average molecular weight is 342 g/mol. The van der Waals surface area contributed by atoms with Gasteiger partial charge >= 0.3 is 0 Å². The van der Waals surface area contributed by atoms with Crippen molar-refractivity contribution in [1.29, 1.82) is 0 Å². The Balaban J connectivity index is 1.59. The molecule has 7 heteroatoms. The number of carbonyl (C=O) groups is 1. The van der Waals surface area contributed by atoms with Crippen LogP contribution in [0.4, 0.5) is 0 Å². The highest BCUT2D eigenvalue weighted by Gasteiger charge is 2.28. The molecule has 0 spiro atoms. The molecule has 2 heterocycles. The maximum atomic E-state index is 12.7. The summed E-state index contributed by atoms with van der Waals surface area (Å²) in [7, 11) is 0. The second-order valence-electron chi connectivity index (χ2n) is 6.55. The van der Waals surface area contributed by atoms with Crippen LogP contribution in [0.2, 0.25) is 0 Å². The first-order valence-corrected chi connectivity index (χ1v) is 9.03. The fourth-order valence-corrected chi connectivity index (χ4v) is 3.16. The molecule has 1 fully saturated rings. The predicted molar refractivity (Wildman–Crippen MR) is 95.8 cm³/mol. The first-order valence-electron chi connectivity index (χ1n) is 9.03. The van der Waals surface area contributed by atoms with Crippen molar-refractivity contribution >= 4 is 5.91 Å². The number of carbonyl (C=O) groups excluding carboxylic acids is 1. The number of hydrogen-bond acceptors (Lipinski definition) is 5. The molecule has 1 amide bonds. The number of hydrogen-bond donors (Lipinski definition) is 1. The molecular weight excluding hydrogens is 316 g/mol. The molecule has 1 saturated heterocycles. The van der Waals surface area contributed by atoms with Crippen molar-refractivity contribution in [2.24, 2.45) is 5.92 Å². The average Bonchev–Trinajstić information content (AvgIpc) is 3.16. The number of rotatable bonds is 6. The van der Waals surface area contributed by atoms with E-state index in [1.54, 1.807) is 0 Å². The quantitative estimate of drug-likeness (QED) is 0.865. The number of nitrogens with one attached hydrogen (secondary N) is 1. The topological polar surface area (TPSA) is 75.9 Å². The molecule has 134 valence electrons. The molecule has 2 aromatic rings. The summed E-state index contributed by atoms with van der Waals surface area (Å²) in [5, 5.41) is 15.9. The number of amides is 1. The van der Waals surface area contributed by atoms with E-state index in [9.17, 15) is 4.79 Å². The third kappa shape index (κ3) is 4.22. The Kier molecular flexibility index (Phi) is 5.75. The van der Waals surface area contributed by atoms with Gasteiger partial charge in [-0.2, -0.15) is 4.80 Å². The van der Waals surface area contributed by atoms with E-state index in [1.807, 2.05) is 42.2 Å². The van der Waals surface area contributed by atoms with Gasteiger partial charge in [-0.3, -0.25) is 4.79 Å². The zero-order valence-electron chi connectivity index (χ0n) is 14.9. The molecule has 3 rings (SSSR count). The standard InChI is InChI=1S/C18H26N6O/c1-3-19-13-15-9-11-23(12-10-15)18(25)14(2)24-21-17(20-22-24)16-7-5-4-6-8-16/h4-8,14-15,19H,3,9-13H2,1-2H3. The zero-order valence-corrected chi connectivity index (χ0v) is 14.9. The monoisotopic (exact) mass is 342 g/mol. The molecule has 1 aromatic heterocycles. The van der Waals surface area contributed by atoms with Crippen LogP contribution < -0.4 is 5.32 Å². The molecular formula is C18H26N6O. The second kappa shape index (κ2) is 8.20. The lowest BCUT2D eigenvalue weighted by molar-refractivity contribution is -0.136. The van der Waals surface area contributed by atoms with Crippen molar-refractivity contribution in [2.75, 3.05) is 26.2 Å². The van der Waals surface area contributed by atoms with E-state index in [1.165, 1.54) is 4.80 Å². The third-order valence-corrected chi connectivity index (χ3v) is 4.77. The van der Waals surface area contributed by atoms with Crippen LogP contribution in [0.5, 0.6) is 0 Å². The molecule has 0 radical (unpaired) electrons. The summed E-state index contributed by atoms with van der Waals surface area (Å²) in [5.74, 6) is 1.27. The minimum absolute atomic E-state index is 0.0684. The summed E-state index contributed by atoms with van der Waals surface area (Å²) in [6.07, 6.45) is 2.09. The summed E-state index contributed by atoms with van der Waals surface area (Å²) in [6, 6.07) is 9.24. The Bertz CT molecular complexity index is 678. The highest BCUT2D eigenvalue weighted by molar-refractivity contribution is 5.80. The SMILES string of the molecule is CCNCC1CCN(C(=O)C(C)n2nnc(-c3ccccc3)n2)CC1. The van der Waals surface area contributed by atoms with Gasteiger partial charge in [0.1, 0.15) is 6.04 Å². The van der Waals surface area contributed by atoms with E-state index in [0.717, 1.165) is 44.6 Å². The summed E-state index contributed by atoms with van der Waals surface area (Å²) in [4.78, 5) is 16.1. The number of tetrazole rings is 1. The molecule has 0 aliphatic carbocycles. The number of piperidine rings is 1. The van der Waals surface area contributed by atoms with E-state index in [4.69, 9.17) is 0 Å². The Morgan fingerprint density at radius 3 is 2.68 bits per heavy atom. The smallest absolute Gasteiger partial charge is 0.249 e. The second-order valence-corrected chi connectivity index (χ2v) is 6.55. The number of aromatic nitrogens is 4. The molecule has 25 heavy (non-hydrogen) atoms. The van der Waals surface area contributed by atoms with Gasteiger partial charge in [-0.1, -0.05) is 37.3 Å². The van der Waals surface area contributed by atoms with E-state index in [-0.39, 0.29) is 5.91 Å². The van der Waals surface area contributed by atoms with Crippen molar-refractivity contribution in [3.63, 3.8) is 0 Å². The lowest BCUT2D eigenvalue weighted by atomic mass is 9.96. The van der Waals surface area contributed by atoms with Gasteiger partial charge in [0.05, 0.1) is 0 Å². The minimum atomic E-state index is -0.435. The number of nitrogens with zero attached hydrogens (tertiary/aromatic N) is 5. The Labute approximate surface area is 148 Å². The molecule has 1 aromatic carbocycles. The summed E-state index contributed by atoms with van der Waals surface area (Å²) in [6.45, 7) is 7.61. The van der Waals surface area contributed by atoms with Crippen LogP contribution in [0.15, 0.2) is 30.3 Å². The van der Waals surface area contributed by atoms with Crippen molar-refractivity contribution in [2.45, 2.75) is 32.7 Å². The van der Waals surface area contributed by atoms with Gasteiger partial charge in [-0.15, -0.1) is 10.2 Å². The van der Waals surface area contributed by atoms with Crippen LogP contribution in [0.1, 0.15) is 32.7 Å². The molecule has 0 saturated carbocycles. The normalized spacial score (nSPS) is 16.8. The van der Waals surface area contributed by atoms with Crippen LogP contribution in [0.25, 0.3) is 11.4 Å². The summed E-state index contributed by atoms with van der Waals surface area (Å²) >= 11 is 0. The van der Waals surface area contributed by atoms with Crippen molar-refractivity contribution in [3.8, 4) is 11.4 Å². The van der Waals surface area contributed by atoms with E-state index in [0.29, 0.717) is 11.7 Å². The van der Waals surface area contributed by atoms with Crippen LogP contribution in [0, 0.1) is 5.92 Å². The van der Waals surface area contributed by atoms with Crippen molar-refractivity contribution < 1.29 is 4.79 Å². The minimum Gasteiger partial charge on any atom is -0.341 e. The van der Waals surface area contributed by atoms with Gasteiger partial charge in [0.2, 0.25) is 11.7 Å². The van der Waals surface area contributed by atoms with E-state index in [2.05, 4.69) is 27.7 Å². The third-order valence-electron chi connectivity index (χ3n) is 4.77.